The number of carbonyl (C=O) groups is 1. The number of benzene rings is 3. The largest absolute Gasteiger partial charge is 0.496 e. The van der Waals surface area contributed by atoms with Gasteiger partial charge in [-0.05, 0) is 66.9 Å². The van der Waals surface area contributed by atoms with Crippen LogP contribution in [-0.4, -0.2) is 27.5 Å². The van der Waals surface area contributed by atoms with Gasteiger partial charge in [0.2, 0.25) is 10.0 Å². The van der Waals surface area contributed by atoms with Gasteiger partial charge in [-0.25, -0.2) is 18.5 Å². The monoisotopic (exact) mass is 606 g/mol. The first-order valence-corrected chi connectivity index (χ1v) is 14.9. The number of carbonyl (C=O) groups excluding carboxylic acids is 1. The molecule has 0 spiro atoms. The molecule has 1 aliphatic heterocycles. The summed E-state index contributed by atoms with van der Waals surface area (Å²) < 4.78 is 29.3. The molecule has 0 radical (unpaired) electrons. The van der Waals surface area contributed by atoms with Crippen molar-refractivity contribution in [2.45, 2.75) is 30.1 Å². The number of hydrogen-bond donors (Lipinski definition) is 1. The number of sulfonamides is 1. The molecule has 5 rings (SSSR count). The first kappa shape index (κ1) is 28.6. The van der Waals surface area contributed by atoms with Gasteiger partial charge in [0.1, 0.15) is 5.75 Å². The van der Waals surface area contributed by atoms with E-state index in [4.69, 9.17) is 38.1 Å². The van der Waals surface area contributed by atoms with Gasteiger partial charge in [-0.2, -0.15) is 5.26 Å². The molecule has 0 fully saturated rings. The zero-order valence-corrected chi connectivity index (χ0v) is 24.2. The highest BCUT2D eigenvalue weighted by molar-refractivity contribution is 7.89. The van der Waals surface area contributed by atoms with E-state index < -0.39 is 15.9 Å². The van der Waals surface area contributed by atoms with Crippen LogP contribution in [-0.2, 0) is 14.8 Å². The average molecular weight is 608 g/mol. The van der Waals surface area contributed by atoms with E-state index in [0.29, 0.717) is 63.1 Å². The van der Waals surface area contributed by atoms with Gasteiger partial charge in [-0.15, -0.1) is 0 Å². The molecular formula is C30H24Cl2N4O4S. The fourth-order valence-corrected chi connectivity index (χ4v) is 6.22. The van der Waals surface area contributed by atoms with Crippen molar-refractivity contribution < 1.29 is 17.9 Å². The second-order valence-electron chi connectivity index (χ2n) is 9.46. The molecular weight excluding hydrogens is 583 g/mol. The molecule has 3 aromatic carbocycles. The third kappa shape index (κ3) is 5.52. The number of aliphatic imine (C=N–C) groups is 1. The van der Waals surface area contributed by atoms with E-state index in [1.165, 1.54) is 12.1 Å². The summed E-state index contributed by atoms with van der Waals surface area (Å²) in [5.41, 5.74) is 3.05. The summed E-state index contributed by atoms with van der Waals surface area (Å²) in [7, 11) is -2.38. The van der Waals surface area contributed by atoms with Gasteiger partial charge in [-0.3, -0.25) is 9.69 Å². The van der Waals surface area contributed by atoms with Crippen LogP contribution in [0.15, 0.2) is 99.3 Å². The van der Waals surface area contributed by atoms with Gasteiger partial charge in [0.25, 0.3) is 0 Å². The van der Waals surface area contributed by atoms with Crippen LogP contribution in [0.2, 0.25) is 10.0 Å². The van der Waals surface area contributed by atoms with Crippen molar-refractivity contribution in [1.82, 2.24) is 0 Å². The van der Waals surface area contributed by atoms with Gasteiger partial charge in [0, 0.05) is 45.2 Å². The van der Waals surface area contributed by atoms with E-state index >= 15 is 0 Å². The molecule has 0 saturated heterocycles. The Morgan fingerprint density at radius 2 is 1.83 bits per heavy atom. The van der Waals surface area contributed by atoms with Gasteiger partial charge < -0.3 is 4.74 Å². The van der Waals surface area contributed by atoms with Crippen molar-refractivity contribution in [2.75, 3.05) is 12.0 Å². The molecule has 2 aliphatic rings. The number of ketones is 1. The second kappa shape index (κ2) is 11.5. The molecule has 8 nitrogen and oxygen atoms in total. The first-order chi connectivity index (χ1) is 19.6. The van der Waals surface area contributed by atoms with Crippen molar-refractivity contribution in [2.24, 2.45) is 10.1 Å². The smallest absolute Gasteiger partial charge is 0.238 e. The standard InChI is InChI=1S/C30H24Cl2N4O4S/c1-40-27-8-3-2-5-18(27)17-35-30-23(16-33)28(22-14-9-19(31)15-24(22)32)29-25(6-4-7-26(29)37)36(30)20-10-12-21(13-11-20)41(34,38)39/h2-3,5,8-15,17,28H,4,6-7H2,1H3,(H2,34,38,39)/b35-17+. The predicted molar refractivity (Wildman–Crippen MR) is 159 cm³/mol. The minimum atomic E-state index is -3.94. The number of nitriles is 1. The van der Waals surface area contributed by atoms with Crippen LogP contribution < -0.4 is 14.8 Å². The van der Waals surface area contributed by atoms with Gasteiger partial charge in [0.05, 0.1) is 29.6 Å². The molecule has 2 N–H and O–H groups in total. The van der Waals surface area contributed by atoms with Crippen LogP contribution in [0, 0.1) is 11.3 Å². The minimum Gasteiger partial charge on any atom is -0.496 e. The highest BCUT2D eigenvalue weighted by Gasteiger charge is 2.41. The van der Waals surface area contributed by atoms with Crippen LogP contribution in [0.3, 0.4) is 0 Å². The Labute approximate surface area is 248 Å². The third-order valence-electron chi connectivity index (χ3n) is 7.01. The van der Waals surface area contributed by atoms with Crippen LogP contribution in [0.25, 0.3) is 0 Å². The van der Waals surface area contributed by atoms with E-state index in [1.807, 2.05) is 18.2 Å². The number of hydrogen-bond acceptors (Lipinski definition) is 7. The Kier molecular flexibility index (Phi) is 8.02. The Balaban J connectivity index is 1.80. The van der Waals surface area contributed by atoms with E-state index in [1.54, 1.807) is 54.6 Å². The molecule has 1 heterocycles. The number of ether oxygens (including phenoxy) is 1. The Bertz CT molecular complexity index is 1790. The lowest BCUT2D eigenvalue weighted by Gasteiger charge is -2.39. The fourth-order valence-electron chi connectivity index (χ4n) is 5.18. The summed E-state index contributed by atoms with van der Waals surface area (Å²) in [6, 6.07) is 20.5. The van der Waals surface area contributed by atoms with Crippen LogP contribution in [0.5, 0.6) is 5.75 Å². The summed E-state index contributed by atoms with van der Waals surface area (Å²) in [5.74, 6) is -0.0299. The molecule has 11 heteroatoms. The van der Waals surface area contributed by atoms with Crippen molar-refractivity contribution in [3.8, 4) is 11.8 Å². The molecule has 1 unspecified atom stereocenters. The first-order valence-electron chi connectivity index (χ1n) is 12.6. The maximum atomic E-state index is 13.5. The maximum Gasteiger partial charge on any atom is 0.238 e. The normalized spacial score (nSPS) is 17.6. The number of methoxy groups -OCH3 is 1. The third-order valence-corrected chi connectivity index (χ3v) is 8.50. The molecule has 0 bridgehead atoms. The SMILES string of the molecule is COc1ccccc1/C=N/C1=C(C#N)C(c2ccc(Cl)cc2Cl)C2=C(CCCC2=O)N1c1ccc(S(N)(=O)=O)cc1. The van der Waals surface area contributed by atoms with Crippen LogP contribution in [0.4, 0.5) is 5.69 Å². The molecule has 208 valence electrons. The quantitative estimate of drug-likeness (QED) is 0.337. The minimum absolute atomic E-state index is 0.0680. The number of allylic oxidation sites excluding steroid dienone is 3. The number of nitrogens with two attached hydrogens (primary N) is 1. The summed E-state index contributed by atoms with van der Waals surface area (Å²) in [6.45, 7) is 0. The summed E-state index contributed by atoms with van der Waals surface area (Å²) in [5, 5.41) is 16.7. The van der Waals surface area contributed by atoms with E-state index in [0.717, 1.165) is 0 Å². The Hall–Kier alpha value is -3.94. The van der Waals surface area contributed by atoms with E-state index in [-0.39, 0.29) is 22.1 Å². The van der Waals surface area contributed by atoms with Crippen molar-refractivity contribution in [3.63, 3.8) is 0 Å². The highest BCUT2D eigenvalue weighted by atomic mass is 35.5. The number of halogens is 2. The zero-order chi connectivity index (χ0) is 29.3. The molecule has 0 saturated carbocycles. The van der Waals surface area contributed by atoms with Gasteiger partial charge in [-0.1, -0.05) is 41.4 Å². The zero-order valence-electron chi connectivity index (χ0n) is 21.8. The summed E-state index contributed by atoms with van der Waals surface area (Å²) in [6.07, 6.45) is 3.02. The van der Waals surface area contributed by atoms with Crippen molar-refractivity contribution in [3.05, 3.63) is 111 Å². The van der Waals surface area contributed by atoms with Crippen LogP contribution in [0.1, 0.15) is 36.3 Å². The maximum absolute atomic E-state index is 13.5. The van der Waals surface area contributed by atoms with E-state index in [9.17, 15) is 18.5 Å². The summed E-state index contributed by atoms with van der Waals surface area (Å²) in [4.78, 5) is 20.0. The topological polar surface area (TPSA) is 126 Å². The van der Waals surface area contributed by atoms with Crippen molar-refractivity contribution in [1.29, 1.82) is 5.26 Å². The number of primary sulfonamides is 1. The molecule has 0 amide bonds. The molecule has 41 heavy (non-hydrogen) atoms. The lowest BCUT2D eigenvalue weighted by Crippen LogP contribution is -2.35. The molecule has 1 atom stereocenters. The fraction of sp³-hybridized carbons (Fsp3) is 0.167. The Morgan fingerprint density at radius 1 is 1.10 bits per heavy atom. The number of Topliss-reactive ketones (excluding diaryl/α,β-unsaturated/α-hetero) is 1. The summed E-state index contributed by atoms with van der Waals surface area (Å²) >= 11 is 12.8. The highest BCUT2D eigenvalue weighted by Crippen LogP contribution is 2.49. The number of para-hydroxylation sites is 1. The lowest BCUT2D eigenvalue weighted by atomic mass is 9.75. The number of nitrogens with zero attached hydrogens (tertiary/aromatic N) is 3. The second-order valence-corrected chi connectivity index (χ2v) is 11.9. The van der Waals surface area contributed by atoms with Crippen LogP contribution >= 0.6 is 23.2 Å². The van der Waals surface area contributed by atoms with Gasteiger partial charge >= 0.3 is 0 Å². The lowest BCUT2D eigenvalue weighted by molar-refractivity contribution is -0.116. The molecule has 1 aliphatic carbocycles. The number of anilines is 1. The predicted octanol–water partition coefficient (Wildman–Crippen LogP) is 6.11. The Morgan fingerprint density at radius 3 is 2.49 bits per heavy atom. The molecule has 3 aromatic rings. The van der Waals surface area contributed by atoms with E-state index in [2.05, 4.69) is 6.07 Å². The van der Waals surface area contributed by atoms with Gasteiger partial charge in [0.15, 0.2) is 11.6 Å². The number of rotatable bonds is 6. The van der Waals surface area contributed by atoms with Crippen molar-refractivity contribution >= 4 is 50.9 Å². The molecule has 0 aromatic heterocycles. The average Bonchev–Trinajstić information content (AvgIpc) is 2.95.